The zero-order chi connectivity index (χ0) is 20.6. The zero-order valence-corrected chi connectivity index (χ0v) is 15.7. The number of para-hydroxylation sites is 1. The number of carbonyl (C=O) groups is 2. The van der Waals surface area contributed by atoms with Crippen molar-refractivity contribution in [2.24, 2.45) is 0 Å². The highest BCUT2D eigenvalue weighted by atomic mass is 19.4. The lowest BCUT2D eigenvalue weighted by Crippen LogP contribution is -2.43. The van der Waals surface area contributed by atoms with Crippen LogP contribution in [0.1, 0.15) is 52.0 Å². The van der Waals surface area contributed by atoms with Crippen molar-refractivity contribution < 1.29 is 27.5 Å². The van der Waals surface area contributed by atoms with Crippen molar-refractivity contribution in [3.63, 3.8) is 0 Å². The maximum Gasteiger partial charge on any atom is 0.416 e. The van der Waals surface area contributed by atoms with Crippen LogP contribution < -0.4 is 4.74 Å². The summed E-state index contributed by atoms with van der Waals surface area (Å²) in [6, 6.07) is 11.4. The minimum Gasteiger partial charge on any atom is -0.486 e. The van der Waals surface area contributed by atoms with Gasteiger partial charge in [-0.2, -0.15) is 13.2 Å². The van der Waals surface area contributed by atoms with Gasteiger partial charge < -0.3 is 9.64 Å². The fourth-order valence-corrected chi connectivity index (χ4v) is 4.08. The van der Waals surface area contributed by atoms with E-state index in [2.05, 4.69) is 0 Å². The van der Waals surface area contributed by atoms with Crippen LogP contribution in [0.2, 0.25) is 0 Å². The average Bonchev–Trinajstić information content (AvgIpc) is 2.89. The molecule has 0 aliphatic carbocycles. The maximum absolute atomic E-state index is 12.8. The van der Waals surface area contributed by atoms with Crippen molar-refractivity contribution >= 4 is 11.7 Å². The van der Waals surface area contributed by atoms with Crippen molar-refractivity contribution in [1.82, 2.24) is 4.90 Å². The molecule has 0 radical (unpaired) electrons. The number of ether oxygens (including phenoxy) is 1. The molecule has 0 N–H and O–H groups in total. The van der Waals surface area contributed by atoms with Crippen molar-refractivity contribution in [2.75, 3.05) is 13.1 Å². The van der Waals surface area contributed by atoms with Crippen molar-refractivity contribution in [1.29, 1.82) is 0 Å². The van der Waals surface area contributed by atoms with E-state index in [9.17, 15) is 22.8 Å². The Balaban J connectivity index is 1.48. The molecule has 1 fully saturated rings. The van der Waals surface area contributed by atoms with Crippen LogP contribution in [0.4, 0.5) is 13.2 Å². The Morgan fingerprint density at radius 3 is 2.45 bits per heavy atom. The third kappa shape index (κ3) is 3.86. The summed E-state index contributed by atoms with van der Waals surface area (Å²) in [5.74, 6) is 0.305. The predicted molar refractivity (Wildman–Crippen MR) is 99.9 cm³/mol. The lowest BCUT2D eigenvalue weighted by molar-refractivity contribution is -0.137. The van der Waals surface area contributed by atoms with Crippen LogP contribution in [0.3, 0.4) is 0 Å². The van der Waals surface area contributed by atoms with Gasteiger partial charge in [0, 0.05) is 25.1 Å². The largest absolute Gasteiger partial charge is 0.486 e. The Bertz CT molecular complexity index is 939. The van der Waals surface area contributed by atoms with Gasteiger partial charge in [-0.1, -0.05) is 12.1 Å². The Kier molecular flexibility index (Phi) is 4.84. The van der Waals surface area contributed by atoms with E-state index in [1.165, 1.54) is 12.1 Å². The zero-order valence-electron chi connectivity index (χ0n) is 15.7. The Labute approximate surface area is 166 Å². The number of benzene rings is 2. The van der Waals surface area contributed by atoms with E-state index in [-0.39, 0.29) is 23.7 Å². The van der Waals surface area contributed by atoms with E-state index in [0.717, 1.165) is 12.1 Å². The van der Waals surface area contributed by atoms with Gasteiger partial charge >= 0.3 is 6.18 Å². The summed E-state index contributed by atoms with van der Waals surface area (Å²) in [6.45, 7) is 0.857. The summed E-state index contributed by atoms with van der Waals surface area (Å²) in [5, 5.41) is 0. The van der Waals surface area contributed by atoms with E-state index in [1.54, 1.807) is 23.1 Å². The third-order valence-electron chi connectivity index (χ3n) is 5.64. The van der Waals surface area contributed by atoms with E-state index in [4.69, 9.17) is 4.74 Å². The summed E-state index contributed by atoms with van der Waals surface area (Å²) < 4.78 is 44.4. The molecule has 4 nitrogen and oxygen atoms in total. The van der Waals surface area contributed by atoms with Gasteiger partial charge in [-0.15, -0.1) is 0 Å². The molecule has 7 heteroatoms. The number of ketones is 1. The molecular formula is C22H20F3NO3. The van der Waals surface area contributed by atoms with Crippen LogP contribution in [-0.2, 0) is 6.18 Å². The molecule has 4 rings (SSSR count). The van der Waals surface area contributed by atoms with E-state index in [1.807, 2.05) is 6.07 Å². The summed E-state index contributed by atoms with van der Waals surface area (Å²) >= 11 is 0. The topological polar surface area (TPSA) is 46.6 Å². The first-order valence-corrected chi connectivity index (χ1v) is 9.55. The number of hydrogen-bond acceptors (Lipinski definition) is 3. The van der Waals surface area contributed by atoms with Crippen molar-refractivity contribution in [3.8, 4) is 5.75 Å². The van der Waals surface area contributed by atoms with E-state index >= 15 is 0 Å². The van der Waals surface area contributed by atoms with Gasteiger partial charge in [-0.25, -0.2) is 0 Å². The highest BCUT2D eigenvalue weighted by Crippen LogP contribution is 2.39. The molecule has 1 spiro atoms. The number of fused-ring (bicyclic) bond motifs is 1. The summed E-state index contributed by atoms with van der Waals surface area (Å²) in [7, 11) is 0. The lowest BCUT2D eigenvalue weighted by Gasteiger charge is -2.37. The molecule has 2 aromatic rings. The molecule has 2 aliphatic heterocycles. The van der Waals surface area contributed by atoms with E-state index in [0.29, 0.717) is 43.7 Å². The van der Waals surface area contributed by atoms with Crippen LogP contribution in [0.25, 0.3) is 0 Å². The highest BCUT2D eigenvalue weighted by Gasteiger charge is 2.42. The Morgan fingerprint density at radius 1 is 1.00 bits per heavy atom. The van der Waals surface area contributed by atoms with Crippen molar-refractivity contribution in [3.05, 3.63) is 65.2 Å². The normalized spacial score (nSPS) is 22.0. The van der Waals surface area contributed by atoms with Crippen LogP contribution >= 0.6 is 0 Å². The number of hydrogen-bond donors (Lipinski definition) is 0. The number of nitrogens with zero attached hydrogens (tertiary/aromatic N) is 1. The molecule has 2 heterocycles. The summed E-state index contributed by atoms with van der Waals surface area (Å²) in [6.07, 6.45) is -2.37. The minimum absolute atomic E-state index is 0.0364. The number of rotatable bonds is 1. The average molecular weight is 403 g/mol. The van der Waals surface area contributed by atoms with Gasteiger partial charge in [0.2, 0.25) is 0 Å². The maximum atomic E-state index is 12.8. The number of carbonyl (C=O) groups excluding carboxylic acids is 2. The lowest BCUT2D eigenvalue weighted by atomic mass is 9.84. The molecule has 1 amide bonds. The number of halogens is 3. The highest BCUT2D eigenvalue weighted by molar-refractivity contribution is 6.00. The Hall–Kier alpha value is -2.83. The minimum atomic E-state index is -4.43. The SMILES string of the molecule is O=C1CC2(CCCN(C(=O)c3ccc(C(F)(F)F)cc3)CC2)Oc2ccccc21. The van der Waals surface area contributed by atoms with Gasteiger partial charge in [-0.05, 0) is 49.2 Å². The molecule has 0 bridgehead atoms. The second-order valence-corrected chi connectivity index (χ2v) is 7.60. The molecule has 0 aromatic heterocycles. The van der Waals surface area contributed by atoms with Gasteiger partial charge in [0.1, 0.15) is 11.4 Å². The van der Waals surface area contributed by atoms with Crippen LogP contribution in [0, 0.1) is 0 Å². The molecule has 1 atom stereocenters. The van der Waals surface area contributed by atoms with Crippen LogP contribution in [-0.4, -0.2) is 35.3 Å². The standard InChI is InChI=1S/C22H20F3NO3/c23-22(24,25)16-8-6-15(7-9-16)20(28)26-12-3-10-21(11-13-26)14-18(27)17-4-1-2-5-19(17)29-21/h1-2,4-9H,3,10-14H2. The molecular weight excluding hydrogens is 383 g/mol. The van der Waals surface area contributed by atoms with Gasteiger partial charge in [0.15, 0.2) is 5.78 Å². The van der Waals surface area contributed by atoms with Gasteiger partial charge in [-0.3, -0.25) is 9.59 Å². The Morgan fingerprint density at radius 2 is 1.72 bits per heavy atom. The van der Waals surface area contributed by atoms with Crippen LogP contribution in [0.5, 0.6) is 5.75 Å². The quantitative estimate of drug-likeness (QED) is 0.691. The number of amides is 1. The molecule has 0 saturated carbocycles. The number of alkyl halides is 3. The summed E-state index contributed by atoms with van der Waals surface area (Å²) in [5.41, 5.74) is -0.614. The molecule has 2 aromatic carbocycles. The second-order valence-electron chi connectivity index (χ2n) is 7.60. The summed E-state index contributed by atoms with van der Waals surface area (Å²) in [4.78, 5) is 27.0. The molecule has 152 valence electrons. The van der Waals surface area contributed by atoms with E-state index < -0.39 is 17.3 Å². The third-order valence-corrected chi connectivity index (χ3v) is 5.64. The first-order chi connectivity index (χ1) is 13.8. The predicted octanol–water partition coefficient (Wildman–Crippen LogP) is 4.74. The monoisotopic (exact) mass is 403 g/mol. The molecule has 29 heavy (non-hydrogen) atoms. The molecule has 1 unspecified atom stereocenters. The second kappa shape index (κ2) is 7.21. The smallest absolute Gasteiger partial charge is 0.416 e. The first-order valence-electron chi connectivity index (χ1n) is 9.55. The number of Topliss-reactive ketones (excluding diaryl/α,β-unsaturated/α-hetero) is 1. The van der Waals surface area contributed by atoms with Gasteiger partial charge in [0.05, 0.1) is 17.5 Å². The molecule has 1 saturated heterocycles. The van der Waals surface area contributed by atoms with Gasteiger partial charge in [0.25, 0.3) is 5.91 Å². The fourth-order valence-electron chi connectivity index (χ4n) is 4.08. The fraction of sp³-hybridized carbons (Fsp3) is 0.364. The first kappa shape index (κ1) is 19.5. The van der Waals surface area contributed by atoms with Crippen molar-refractivity contribution in [2.45, 2.75) is 37.5 Å². The number of likely N-dealkylation sites (tertiary alicyclic amines) is 1. The molecule has 2 aliphatic rings. The van der Waals surface area contributed by atoms with Crippen LogP contribution in [0.15, 0.2) is 48.5 Å².